The van der Waals surface area contributed by atoms with Gasteiger partial charge in [-0.15, -0.1) is 0 Å². The molecule has 2 heterocycles. The fourth-order valence-corrected chi connectivity index (χ4v) is 4.16. The van der Waals surface area contributed by atoms with Gasteiger partial charge in [-0.1, -0.05) is 12.1 Å². The van der Waals surface area contributed by atoms with Crippen LogP contribution in [-0.2, 0) is 24.8 Å². The lowest BCUT2D eigenvalue weighted by Gasteiger charge is -2.35. The number of nitrogens with two attached hydrogens (primary N) is 1. The number of hydrogen-bond acceptors (Lipinski definition) is 9. The summed E-state index contributed by atoms with van der Waals surface area (Å²) in [6.45, 7) is 2.21. The van der Waals surface area contributed by atoms with Crippen molar-refractivity contribution < 1.29 is 50.7 Å². The molecule has 17 heteroatoms. The number of hydrogen-bond donors (Lipinski definition) is 3. The first kappa shape index (κ1) is 28.8. The average Bonchev–Trinajstić information content (AvgIpc) is 3.71. The second kappa shape index (κ2) is 10.1. The van der Waals surface area contributed by atoms with Crippen molar-refractivity contribution in [2.45, 2.75) is 43.8 Å². The van der Waals surface area contributed by atoms with Crippen molar-refractivity contribution in [1.29, 1.82) is 0 Å². The minimum absolute atomic E-state index is 0.0333. The zero-order valence-electron chi connectivity index (χ0n) is 20.6. The van der Waals surface area contributed by atoms with Gasteiger partial charge in [0.1, 0.15) is 0 Å². The Morgan fingerprint density at radius 2 is 1.82 bits per heavy atom. The zero-order valence-corrected chi connectivity index (χ0v) is 20.6. The van der Waals surface area contributed by atoms with E-state index in [2.05, 4.69) is 14.8 Å². The number of nitrogens with one attached hydrogen (secondary N) is 1. The third-order valence-electron chi connectivity index (χ3n) is 6.46. The predicted octanol–water partition coefficient (Wildman–Crippen LogP) is 1.73. The largest absolute Gasteiger partial charge is 0.493 e. The van der Waals surface area contributed by atoms with Gasteiger partial charge >= 0.3 is 18.3 Å². The Kier molecular flexibility index (Phi) is 7.29. The first-order valence-electron chi connectivity index (χ1n) is 11.7. The number of carbonyl (C=O) groups excluding carboxylic acids is 3. The summed E-state index contributed by atoms with van der Waals surface area (Å²) < 4.78 is 79.0. The third kappa shape index (κ3) is 5.45. The number of nitrogens with zero attached hydrogens (tertiary/aromatic N) is 4. The summed E-state index contributed by atoms with van der Waals surface area (Å²) in [6.07, 6.45) is -8.42. The molecular formula is C23H22F6N6O5. The van der Waals surface area contributed by atoms with Crippen LogP contribution in [-0.4, -0.2) is 75.8 Å². The van der Waals surface area contributed by atoms with Crippen molar-refractivity contribution in [3.8, 4) is 11.3 Å². The van der Waals surface area contributed by atoms with E-state index in [4.69, 9.17) is 5.73 Å². The van der Waals surface area contributed by atoms with E-state index in [0.717, 1.165) is 42.7 Å². The number of aryl methyl sites for hydroxylation is 1. The fraction of sp³-hybridized carbons (Fsp3) is 0.435. The molecule has 2 aliphatic rings. The predicted molar refractivity (Wildman–Crippen MR) is 124 cm³/mol. The van der Waals surface area contributed by atoms with Crippen LogP contribution in [0.15, 0.2) is 24.4 Å². The third-order valence-corrected chi connectivity index (χ3v) is 6.46. The van der Waals surface area contributed by atoms with E-state index in [-0.39, 0.29) is 41.4 Å². The molecule has 1 unspecified atom stereocenters. The highest BCUT2D eigenvalue weighted by Crippen LogP contribution is 2.41. The van der Waals surface area contributed by atoms with Crippen molar-refractivity contribution in [2.75, 3.05) is 30.3 Å². The summed E-state index contributed by atoms with van der Waals surface area (Å²) in [5.74, 6) is -5.61. The molecule has 1 aromatic carbocycles. The summed E-state index contributed by atoms with van der Waals surface area (Å²) in [5.41, 5.74) is 1.38. The zero-order chi connectivity index (χ0) is 29.6. The number of alkyl halides is 6. The number of piperazine rings is 1. The number of anilines is 2. The second-order valence-electron chi connectivity index (χ2n) is 9.26. The van der Waals surface area contributed by atoms with Gasteiger partial charge in [0.25, 0.3) is 11.5 Å². The topological polar surface area (TPSA) is 151 Å². The Morgan fingerprint density at radius 1 is 1.15 bits per heavy atom. The lowest BCUT2D eigenvalue weighted by atomic mass is 9.89. The first-order chi connectivity index (χ1) is 18.5. The molecule has 2 aromatic rings. The van der Waals surface area contributed by atoms with Crippen LogP contribution in [0.4, 0.5) is 38.0 Å². The molecule has 11 nitrogen and oxygen atoms in total. The number of aliphatic hydroxyl groups is 1. The van der Waals surface area contributed by atoms with Gasteiger partial charge in [0.2, 0.25) is 5.91 Å². The number of amides is 2. The number of benzene rings is 1. The van der Waals surface area contributed by atoms with Crippen molar-refractivity contribution in [1.82, 2.24) is 20.3 Å². The molecule has 4 rings (SSSR count). The molecule has 1 saturated heterocycles. The van der Waals surface area contributed by atoms with Gasteiger partial charge in [-0.3, -0.25) is 9.59 Å². The molecule has 0 spiro atoms. The Bertz CT molecular complexity index is 1350. The van der Waals surface area contributed by atoms with Crippen LogP contribution in [0.5, 0.6) is 0 Å². The van der Waals surface area contributed by atoms with Crippen LogP contribution in [0.2, 0.25) is 0 Å². The van der Waals surface area contributed by atoms with E-state index in [0.29, 0.717) is 18.7 Å². The van der Waals surface area contributed by atoms with Gasteiger partial charge in [-0.2, -0.15) is 31.8 Å². The number of aromatic nitrogens is 2. The SMILES string of the molecule is Cc1ccc(C(O)(C(=O)NOC(=O)C(F)(F)F)C(F)(F)F)cc1-c1cnc(N)c(N2CCN(C3CC3)C(=O)C2)n1. The average molecular weight is 576 g/mol. The van der Waals surface area contributed by atoms with Gasteiger partial charge in [0.05, 0.1) is 18.4 Å². The maximum absolute atomic E-state index is 14.0. The number of carbonyl (C=O) groups is 3. The Morgan fingerprint density at radius 3 is 2.40 bits per heavy atom. The molecule has 40 heavy (non-hydrogen) atoms. The molecule has 1 atom stereocenters. The van der Waals surface area contributed by atoms with Crippen LogP contribution in [0, 0.1) is 6.92 Å². The van der Waals surface area contributed by atoms with Crippen LogP contribution in [0.1, 0.15) is 24.0 Å². The summed E-state index contributed by atoms with van der Waals surface area (Å²) in [4.78, 5) is 50.8. The number of halogens is 6. The van der Waals surface area contributed by atoms with Crippen molar-refractivity contribution in [3.05, 3.63) is 35.5 Å². The second-order valence-corrected chi connectivity index (χ2v) is 9.26. The number of nitrogen functional groups attached to an aromatic ring is 1. The molecule has 2 amide bonds. The highest BCUT2D eigenvalue weighted by molar-refractivity contribution is 5.89. The molecule has 1 aliphatic heterocycles. The van der Waals surface area contributed by atoms with E-state index in [1.54, 1.807) is 9.80 Å². The summed E-state index contributed by atoms with van der Waals surface area (Å²) >= 11 is 0. The van der Waals surface area contributed by atoms with Crippen LogP contribution >= 0.6 is 0 Å². The van der Waals surface area contributed by atoms with Crippen LogP contribution in [0.3, 0.4) is 0 Å². The minimum atomic E-state index is -5.77. The van der Waals surface area contributed by atoms with Crippen LogP contribution < -0.4 is 16.1 Å². The molecule has 1 saturated carbocycles. The van der Waals surface area contributed by atoms with E-state index >= 15 is 0 Å². The minimum Gasteiger partial charge on any atom is -0.381 e. The summed E-state index contributed by atoms with van der Waals surface area (Å²) in [5, 5.41) is 10.5. The maximum Gasteiger partial charge on any atom is 0.493 e. The smallest absolute Gasteiger partial charge is 0.381 e. The normalized spacial score (nSPS) is 17.9. The van der Waals surface area contributed by atoms with E-state index in [1.165, 1.54) is 6.92 Å². The Balaban J connectivity index is 1.67. The van der Waals surface area contributed by atoms with Gasteiger partial charge in [-0.25, -0.2) is 14.8 Å². The van der Waals surface area contributed by atoms with Gasteiger partial charge in [0.15, 0.2) is 11.6 Å². The lowest BCUT2D eigenvalue weighted by molar-refractivity contribution is -0.262. The molecule has 0 radical (unpaired) electrons. The number of rotatable bonds is 5. The monoisotopic (exact) mass is 576 g/mol. The molecular weight excluding hydrogens is 554 g/mol. The lowest BCUT2D eigenvalue weighted by Crippen LogP contribution is -2.55. The summed E-state index contributed by atoms with van der Waals surface area (Å²) in [7, 11) is 0. The highest BCUT2D eigenvalue weighted by Gasteiger charge is 2.61. The standard InChI is InChI=1S/C23H22F6N6O5/c1-11-2-3-12(21(39,23(27,28)29)19(37)33-40-20(38)22(24,25)26)8-14(11)15-9-31-17(30)18(32-15)34-6-7-35(13-4-5-13)16(36)10-34/h2-3,8-9,13,39H,4-7,10H2,1H3,(H2,30,31)(H,33,37). The molecule has 4 N–H and O–H groups in total. The van der Waals surface area contributed by atoms with Gasteiger partial charge in [-0.05, 0) is 31.4 Å². The quantitative estimate of drug-likeness (QED) is 0.357. The summed E-state index contributed by atoms with van der Waals surface area (Å²) in [6, 6.07) is 2.77. The molecule has 1 aliphatic carbocycles. The van der Waals surface area contributed by atoms with Crippen molar-refractivity contribution in [2.24, 2.45) is 0 Å². The maximum atomic E-state index is 14.0. The van der Waals surface area contributed by atoms with E-state index in [9.17, 15) is 45.8 Å². The van der Waals surface area contributed by atoms with Gasteiger partial charge in [0, 0.05) is 30.3 Å². The van der Waals surface area contributed by atoms with E-state index in [1.807, 2.05) is 0 Å². The molecule has 1 aromatic heterocycles. The molecule has 0 bridgehead atoms. The fourth-order valence-electron chi connectivity index (χ4n) is 4.16. The Hall–Kier alpha value is -4.15. The van der Waals surface area contributed by atoms with E-state index < -0.39 is 35.4 Å². The molecule has 2 fully saturated rings. The van der Waals surface area contributed by atoms with Crippen molar-refractivity contribution in [3.63, 3.8) is 0 Å². The van der Waals surface area contributed by atoms with Gasteiger partial charge < -0.3 is 25.5 Å². The Labute approximate surface area is 221 Å². The van der Waals surface area contributed by atoms with Crippen molar-refractivity contribution >= 4 is 29.4 Å². The number of hydroxylamine groups is 1. The van der Waals surface area contributed by atoms with Crippen LogP contribution in [0.25, 0.3) is 11.3 Å². The highest BCUT2D eigenvalue weighted by atomic mass is 19.4. The molecule has 216 valence electrons. The first-order valence-corrected chi connectivity index (χ1v) is 11.7.